The molecule has 0 N–H and O–H groups in total. The Morgan fingerprint density at radius 3 is 1.65 bits per heavy atom. The highest BCUT2D eigenvalue weighted by molar-refractivity contribution is 7.59. The van der Waals surface area contributed by atoms with E-state index < -0.39 is 0 Å². The standard InChI is InChI=1S/C19H16.H2S/c1-15-9-5-6-12-17(15)19-14-8-7-13-18(19)16-10-3-2-4-11-16;/h2-14H,1H3;1H2. The van der Waals surface area contributed by atoms with Gasteiger partial charge in [-0.05, 0) is 34.7 Å². The second-order valence-electron chi connectivity index (χ2n) is 4.73. The third kappa shape index (κ3) is 2.78. The minimum absolute atomic E-state index is 0. The monoisotopic (exact) mass is 278 g/mol. The third-order valence-electron chi connectivity index (χ3n) is 3.45. The first-order valence-electron chi connectivity index (χ1n) is 6.57. The zero-order valence-corrected chi connectivity index (χ0v) is 12.5. The molecule has 1 heteroatoms. The van der Waals surface area contributed by atoms with E-state index in [-0.39, 0.29) is 13.5 Å². The van der Waals surface area contributed by atoms with E-state index in [0.717, 1.165) is 0 Å². The third-order valence-corrected chi connectivity index (χ3v) is 3.45. The Kier molecular flexibility index (Phi) is 4.65. The van der Waals surface area contributed by atoms with Crippen molar-refractivity contribution in [2.75, 3.05) is 0 Å². The Labute approximate surface area is 127 Å². The normalized spacial score (nSPS) is 9.85. The molecule has 0 nitrogen and oxygen atoms in total. The van der Waals surface area contributed by atoms with E-state index in [1.807, 2.05) is 0 Å². The van der Waals surface area contributed by atoms with E-state index in [2.05, 4.69) is 85.8 Å². The average molecular weight is 278 g/mol. The summed E-state index contributed by atoms with van der Waals surface area (Å²) in [7, 11) is 0. The molecule has 0 radical (unpaired) electrons. The summed E-state index contributed by atoms with van der Waals surface area (Å²) >= 11 is 0. The summed E-state index contributed by atoms with van der Waals surface area (Å²) in [4.78, 5) is 0. The van der Waals surface area contributed by atoms with Crippen LogP contribution in [0.5, 0.6) is 0 Å². The van der Waals surface area contributed by atoms with Crippen LogP contribution in [0.15, 0.2) is 78.9 Å². The molecule has 0 aliphatic carbocycles. The molecule has 0 heterocycles. The first-order valence-corrected chi connectivity index (χ1v) is 6.57. The predicted octanol–water partition coefficient (Wildman–Crippen LogP) is 5.44. The summed E-state index contributed by atoms with van der Waals surface area (Å²) in [6, 6.07) is 27.7. The van der Waals surface area contributed by atoms with E-state index in [1.54, 1.807) is 0 Å². The molecule has 3 rings (SSSR count). The van der Waals surface area contributed by atoms with Crippen LogP contribution in [0.1, 0.15) is 5.56 Å². The lowest BCUT2D eigenvalue weighted by Gasteiger charge is -2.12. The van der Waals surface area contributed by atoms with Gasteiger partial charge in [-0.25, -0.2) is 0 Å². The summed E-state index contributed by atoms with van der Waals surface area (Å²) in [5.74, 6) is 0. The zero-order chi connectivity index (χ0) is 13.1. The topological polar surface area (TPSA) is 0 Å². The van der Waals surface area contributed by atoms with Crippen molar-refractivity contribution in [2.45, 2.75) is 6.92 Å². The summed E-state index contributed by atoms with van der Waals surface area (Å²) < 4.78 is 0. The van der Waals surface area contributed by atoms with E-state index in [1.165, 1.54) is 27.8 Å². The lowest BCUT2D eigenvalue weighted by molar-refractivity contribution is 1.46. The SMILES string of the molecule is Cc1ccccc1-c1ccccc1-c1ccccc1.S. The predicted molar refractivity (Wildman–Crippen MR) is 92.4 cm³/mol. The molecule has 0 aliphatic heterocycles. The zero-order valence-electron chi connectivity index (χ0n) is 11.5. The summed E-state index contributed by atoms with van der Waals surface area (Å²) in [5, 5.41) is 0. The summed E-state index contributed by atoms with van der Waals surface area (Å²) in [5.41, 5.74) is 6.47. The molecule has 0 unspecified atom stereocenters. The van der Waals surface area contributed by atoms with Crippen LogP contribution < -0.4 is 0 Å². The molecule has 0 atom stereocenters. The number of hydrogen-bond donors (Lipinski definition) is 0. The number of aryl methyl sites for hydroxylation is 1. The van der Waals surface area contributed by atoms with E-state index in [0.29, 0.717) is 0 Å². The molecule has 0 amide bonds. The Bertz CT molecular complexity index is 687. The molecule has 0 fully saturated rings. The molecule has 0 saturated heterocycles. The first kappa shape index (κ1) is 14.4. The molecule has 3 aromatic rings. The van der Waals surface area contributed by atoms with Gasteiger partial charge in [-0.15, -0.1) is 0 Å². The highest BCUT2D eigenvalue weighted by atomic mass is 32.1. The van der Waals surface area contributed by atoms with Crippen LogP contribution in [-0.4, -0.2) is 0 Å². The van der Waals surface area contributed by atoms with Crippen LogP contribution in [0.2, 0.25) is 0 Å². The smallest absolute Gasteiger partial charge is 0.0103 e. The van der Waals surface area contributed by atoms with Gasteiger partial charge in [0.05, 0.1) is 0 Å². The van der Waals surface area contributed by atoms with Crippen LogP contribution in [0.25, 0.3) is 22.3 Å². The quantitative estimate of drug-likeness (QED) is 0.585. The van der Waals surface area contributed by atoms with E-state index in [9.17, 15) is 0 Å². The molecule has 3 aromatic carbocycles. The van der Waals surface area contributed by atoms with Gasteiger partial charge in [-0.3, -0.25) is 0 Å². The van der Waals surface area contributed by atoms with Crippen molar-refractivity contribution in [1.82, 2.24) is 0 Å². The van der Waals surface area contributed by atoms with E-state index >= 15 is 0 Å². The van der Waals surface area contributed by atoms with Crippen molar-refractivity contribution < 1.29 is 0 Å². The number of rotatable bonds is 2. The van der Waals surface area contributed by atoms with E-state index in [4.69, 9.17) is 0 Å². The van der Waals surface area contributed by atoms with Crippen molar-refractivity contribution in [3.63, 3.8) is 0 Å². The summed E-state index contributed by atoms with van der Waals surface area (Å²) in [6.45, 7) is 2.16. The average Bonchev–Trinajstić information content (AvgIpc) is 2.49. The molecular formula is C19H18S. The van der Waals surface area contributed by atoms with Crippen LogP contribution in [0.4, 0.5) is 0 Å². The lowest BCUT2D eigenvalue weighted by atomic mass is 9.92. The minimum atomic E-state index is 0. The Morgan fingerprint density at radius 2 is 1.00 bits per heavy atom. The van der Waals surface area contributed by atoms with Crippen LogP contribution in [-0.2, 0) is 0 Å². The van der Waals surface area contributed by atoms with Gasteiger partial charge in [-0.2, -0.15) is 13.5 Å². The lowest BCUT2D eigenvalue weighted by Crippen LogP contribution is -1.87. The van der Waals surface area contributed by atoms with Gasteiger partial charge in [0.25, 0.3) is 0 Å². The number of benzene rings is 3. The molecule has 0 aromatic heterocycles. The molecule has 0 aliphatic rings. The van der Waals surface area contributed by atoms with Gasteiger partial charge in [-0.1, -0.05) is 78.9 Å². The van der Waals surface area contributed by atoms with Gasteiger partial charge in [0.2, 0.25) is 0 Å². The number of hydrogen-bond acceptors (Lipinski definition) is 0. The van der Waals surface area contributed by atoms with Crippen molar-refractivity contribution in [1.29, 1.82) is 0 Å². The second kappa shape index (κ2) is 6.44. The molecule has 0 bridgehead atoms. The van der Waals surface area contributed by atoms with Gasteiger partial charge in [0, 0.05) is 0 Å². The largest absolute Gasteiger partial charge is 0.197 e. The second-order valence-corrected chi connectivity index (χ2v) is 4.73. The van der Waals surface area contributed by atoms with Gasteiger partial charge < -0.3 is 0 Å². The first-order chi connectivity index (χ1) is 9.36. The Morgan fingerprint density at radius 1 is 0.500 bits per heavy atom. The highest BCUT2D eigenvalue weighted by Crippen LogP contribution is 2.33. The van der Waals surface area contributed by atoms with Crippen molar-refractivity contribution in [3.05, 3.63) is 84.4 Å². The fraction of sp³-hybridized carbons (Fsp3) is 0.0526. The molecule has 0 spiro atoms. The minimum Gasteiger partial charge on any atom is -0.197 e. The fourth-order valence-corrected chi connectivity index (χ4v) is 2.46. The summed E-state index contributed by atoms with van der Waals surface area (Å²) in [6.07, 6.45) is 0. The van der Waals surface area contributed by atoms with Crippen LogP contribution in [0, 0.1) is 6.92 Å². The molecule has 0 saturated carbocycles. The van der Waals surface area contributed by atoms with Crippen LogP contribution in [0.3, 0.4) is 0 Å². The maximum atomic E-state index is 2.20. The highest BCUT2D eigenvalue weighted by Gasteiger charge is 2.07. The molecular weight excluding hydrogens is 260 g/mol. The molecule has 20 heavy (non-hydrogen) atoms. The van der Waals surface area contributed by atoms with Crippen molar-refractivity contribution in [2.24, 2.45) is 0 Å². The van der Waals surface area contributed by atoms with Gasteiger partial charge in [0.1, 0.15) is 0 Å². The Hall–Kier alpha value is -1.99. The van der Waals surface area contributed by atoms with Crippen molar-refractivity contribution >= 4 is 13.5 Å². The van der Waals surface area contributed by atoms with Crippen molar-refractivity contribution in [3.8, 4) is 22.3 Å². The Balaban J connectivity index is 0.00000147. The maximum absolute atomic E-state index is 2.20. The van der Waals surface area contributed by atoms with Gasteiger partial charge in [0.15, 0.2) is 0 Å². The molecule has 100 valence electrons. The van der Waals surface area contributed by atoms with Gasteiger partial charge >= 0.3 is 0 Å². The van der Waals surface area contributed by atoms with Crippen LogP contribution >= 0.6 is 13.5 Å². The maximum Gasteiger partial charge on any atom is -0.0103 e. The fourth-order valence-electron chi connectivity index (χ4n) is 2.46.